The fourth-order valence-electron chi connectivity index (χ4n) is 8.11. The van der Waals surface area contributed by atoms with E-state index in [0.717, 1.165) is 51.4 Å². The van der Waals surface area contributed by atoms with E-state index in [9.17, 15) is 19.5 Å². The van der Waals surface area contributed by atoms with Crippen LogP contribution in [0.3, 0.4) is 0 Å². The second-order valence-electron chi connectivity index (χ2n) is 19.4. The zero-order valence-electron chi connectivity index (χ0n) is 42.7. The minimum absolute atomic E-state index is 0.0418. The van der Waals surface area contributed by atoms with Crippen molar-refractivity contribution in [2.24, 2.45) is 0 Å². The molecular weight excluding hydrogens is 799 g/mol. The van der Waals surface area contributed by atoms with Crippen molar-refractivity contribution in [2.75, 3.05) is 41.0 Å². The van der Waals surface area contributed by atoms with Crippen LogP contribution in [0.15, 0.2) is 36.5 Å². The molecule has 0 rings (SSSR count). The van der Waals surface area contributed by atoms with Gasteiger partial charge in [0.1, 0.15) is 12.6 Å². The highest BCUT2D eigenvalue weighted by Gasteiger charge is 2.25. The minimum Gasteiger partial charge on any atom is -0.544 e. The maximum absolute atomic E-state index is 12.8. The van der Waals surface area contributed by atoms with Crippen molar-refractivity contribution in [1.29, 1.82) is 0 Å². The quantitative estimate of drug-likeness (QED) is 0.0259. The van der Waals surface area contributed by atoms with Gasteiger partial charge in [-0.05, 0) is 64.2 Å². The molecule has 8 heteroatoms. The van der Waals surface area contributed by atoms with Gasteiger partial charge in [0.15, 0.2) is 6.10 Å². The van der Waals surface area contributed by atoms with Crippen LogP contribution in [0.4, 0.5) is 0 Å². The lowest BCUT2D eigenvalue weighted by molar-refractivity contribution is -0.889. The SMILES string of the molecule is CC/C=C/C/C=C/CCCCCCCCCCCCCCCCC(=O)OCC(COCCC(C(=O)[O-])[N+](C)(C)C)OC(=O)CCCCCCCCC/C=C/CCCCCCCCCC. The molecule has 0 radical (unpaired) electrons. The predicted molar refractivity (Wildman–Crippen MR) is 268 cm³/mol. The summed E-state index contributed by atoms with van der Waals surface area (Å²) in [5, 5.41) is 11.7. The number of carboxylic acids is 1. The van der Waals surface area contributed by atoms with Crippen molar-refractivity contribution in [3.8, 4) is 0 Å². The number of hydrogen-bond donors (Lipinski definition) is 0. The summed E-state index contributed by atoms with van der Waals surface area (Å²) in [7, 11) is 5.42. The third-order valence-corrected chi connectivity index (χ3v) is 12.3. The lowest BCUT2D eigenvalue weighted by Gasteiger charge is -2.34. The molecule has 0 fully saturated rings. The van der Waals surface area contributed by atoms with Gasteiger partial charge in [-0.1, -0.05) is 204 Å². The minimum atomic E-state index is -1.12. The summed E-state index contributed by atoms with van der Waals surface area (Å²) in [6.07, 6.45) is 56.1. The van der Waals surface area contributed by atoms with E-state index < -0.39 is 18.1 Å². The lowest BCUT2D eigenvalue weighted by Crippen LogP contribution is -2.55. The molecule has 8 nitrogen and oxygen atoms in total. The van der Waals surface area contributed by atoms with Crippen molar-refractivity contribution >= 4 is 17.9 Å². The van der Waals surface area contributed by atoms with Gasteiger partial charge in [0, 0.05) is 19.3 Å². The Labute approximate surface area is 395 Å². The molecule has 0 aromatic heterocycles. The maximum Gasteiger partial charge on any atom is 0.306 e. The average Bonchev–Trinajstić information content (AvgIpc) is 3.26. The number of rotatable bonds is 49. The fourth-order valence-corrected chi connectivity index (χ4v) is 8.11. The van der Waals surface area contributed by atoms with E-state index in [1.165, 1.54) is 167 Å². The van der Waals surface area contributed by atoms with Crippen LogP contribution in [0.2, 0.25) is 0 Å². The van der Waals surface area contributed by atoms with E-state index in [-0.39, 0.29) is 42.7 Å². The number of aliphatic carboxylic acids is 1. The highest BCUT2D eigenvalue weighted by atomic mass is 16.6. The number of allylic oxidation sites excluding steroid dienone is 6. The highest BCUT2D eigenvalue weighted by Crippen LogP contribution is 2.16. The molecule has 0 aliphatic rings. The van der Waals surface area contributed by atoms with E-state index in [0.29, 0.717) is 12.8 Å². The number of nitrogens with zero attached hydrogens (tertiary/aromatic N) is 1. The maximum atomic E-state index is 12.8. The molecule has 0 spiro atoms. The van der Waals surface area contributed by atoms with E-state index in [2.05, 4.69) is 50.3 Å². The molecule has 0 aromatic carbocycles. The molecule has 0 saturated heterocycles. The molecular formula is C56H103NO7. The highest BCUT2D eigenvalue weighted by molar-refractivity contribution is 5.70. The number of carboxylic acid groups (broad SMARTS) is 1. The molecule has 0 saturated carbocycles. The van der Waals surface area contributed by atoms with Gasteiger partial charge in [-0.25, -0.2) is 0 Å². The van der Waals surface area contributed by atoms with Crippen LogP contribution < -0.4 is 5.11 Å². The summed E-state index contributed by atoms with van der Waals surface area (Å²) in [4.78, 5) is 37.1. The van der Waals surface area contributed by atoms with E-state index >= 15 is 0 Å². The van der Waals surface area contributed by atoms with Crippen LogP contribution in [0, 0.1) is 0 Å². The fraction of sp³-hybridized carbons (Fsp3) is 0.839. The van der Waals surface area contributed by atoms with Crippen LogP contribution in [-0.4, -0.2) is 75.5 Å². The summed E-state index contributed by atoms with van der Waals surface area (Å²) >= 11 is 0. The van der Waals surface area contributed by atoms with Gasteiger partial charge in [-0.2, -0.15) is 0 Å². The van der Waals surface area contributed by atoms with Gasteiger partial charge >= 0.3 is 11.9 Å². The Morgan fingerprint density at radius 2 is 0.875 bits per heavy atom. The van der Waals surface area contributed by atoms with Gasteiger partial charge in [-0.15, -0.1) is 0 Å². The molecule has 2 atom stereocenters. The van der Waals surface area contributed by atoms with E-state index in [4.69, 9.17) is 14.2 Å². The van der Waals surface area contributed by atoms with Crippen LogP contribution >= 0.6 is 0 Å². The van der Waals surface area contributed by atoms with Crippen molar-refractivity contribution < 1.29 is 38.2 Å². The lowest BCUT2D eigenvalue weighted by atomic mass is 10.0. The average molecular weight is 902 g/mol. The third kappa shape index (κ3) is 44.7. The summed E-state index contributed by atoms with van der Waals surface area (Å²) in [5.74, 6) is -1.73. The van der Waals surface area contributed by atoms with Crippen LogP contribution in [0.5, 0.6) is 0 Å². The second kappa shape index (κ2) is 47.1. The van der Waals surface area contributed by atoms with Crippen LogP contribution in [0.1, 0.15) is 251 Å². The summed E-state index contributed by atoms with van der Waals surface area (Å²) in [5.41, 5.74) is 0. The summed E-state index contributed by atoms with van der Waals surface area (Å²) in [6.45, 7) is 4.59. The number of hydrogen-bond acceptors (Lipinski definition) is 7. The summed E-state index contributed by atoms with van der Waals surface area (Å²) < 4.78 is 17.3. The summed E-state index contributed by atoms with van der Waals surface area (Å²) in [6, 6.07) is -0.726. The molecule has 0 bridgehead atoms. The zero-order chi connectivity index (χ0) is 47.0. The van der Waals surface area contributed by atoms with Crippen LogP contribution in [0.25, 0.3) is 0 Å². The number of quaternary nitrogens is 1. The topological polar surface area (TPSA) is 102 Å². The molecule has 0 aliphatic carbocycles. The number of esters is 2. The Kier molecular flexibility index (Phi) is 45.3. The molecule has 2 unspecified atom stereocenters. The van der Waals surface area contributed by atoms with Gasteiger partial charge in [0.2, 0.25) is 0 Å². The zero-order valence-corrected chi connectivity index (χ0v) is 42.7. The molecule has 0 N–H and O–H groups in total. The molecule has 0 heterocycles. The van der Waals surface area contributed by atoms with Crippen molar-refractivity contribution in [2.45, 2.75) is 264 Å². The molecule has 0 aliphatic heterocycles. The first-order valence-corrected chi connectivity index (χ1v) is 27.0. The number of carbonyl (C=O) groups is 3. The molecule has 0 aromatic rings. The Morgan fingerprint density at radius 1 is 0.484 bits per heavy atom. The standard InChI is InChI=1S/C56H103NO7/c1-6-8-10-12-14-16-18-20-22-24-26-27-29-30-32-34-36-38-40-42-44-46-54(58)63-51-52(50-62-49-48-53(56(60)61)57(3,4)5)64-55(59)47-45-43-41-39-37-35-33-31-28-25-23-21-19-17-15-13-11-9-7-2/h8,10,14,16,25,28,52-53H,6-7,9,11-13,15,17-24,26-27,29-51H2,1-5H3/b10-8+,16-14+,28-25+. The van der Waals surface area contributed by atoms with E-state index in [1.54, 1.807) is 0 Å². The first-order chi connectivity index (χ1) is 31.1. The second-order valence-corrected chi connectivity index (χ2v) is 19.4. The van der Waals surface area contributed by atoms with E-state index in [1.807, 2.05) is 21.1 Å². The first kappa shape index (κ1) is 61.5. The predicted octanol–water partition coefficient (Wildman–Crippen LogP) is 14.4. The Morgan fingerprint density at radius 3 is 1.30 bits per heavy atom. The number of unbranched alkanes of at least 4 members (excludes halogenated alkanes) is 29. The van der Waals surface area contributed by atoms with Crippen molar-refractivity contribution in [3.05, 3.63) is 36.5 Å². The van der Waals surface area contributed by atoms with Gasteiger partial charge in [0.05, 0.1) is 40.3 Å². The van der Waals surface area contributed by atoms with Crippen molar-refractivity contribution in [3.63, 3.8) is 0 Å². The monoisotopic (exact) mass is 902 g/mol. The van der Waals surface area contributed by atoms with Gasteiger partial charge < -0.3 is 28.6 Å². The normalized spacial score (nSPS) is 13.1. The van der Waals surface area contributed by atoms with Gasteiger partial charge in [0.25, 0.3) is 0 Å². The largest absolute Gasteiger partial charge is 0.544 e. The Hall–Kier alpha value is -2.45. The Balaban J connectivity index is 4.19. The Bertz CT molecular complexity index is 1140. The molecule has 64 heavy (non-hydrogen) atoms. The number of likely N-dealkylation sites (N-methyl/N-ethyl adjacent to an activating group) is 1. The smallest absolute Gasteiger partial charge is 0.306 e. The first-order valence-electron chi connectivity index (χ1n) is 27.0. The number of carbonyl (C=O) groups excluding carboxylic acids is 3. The molecule has 374 valence electrons. The van der Waals surface area contributed by atoms with Gasteiger partial charge in [-0.3, -0.25) is 9.59 Å². The third-order valence-electron chi connectivity index (χ3n) is 12.3. The number of ether oxygens (including phenoxy) is 3. The molecule has 0 amide bonds. The van der Waals surface area contributed by atoms with Crippen molar-refractivity contribution in [1.82, 2.24) is 0 Å². The van der Waals surface area contributed by atoms with Crippen LogP contribution in [-0.2, 0) is 28.6 Å².